The van der Waals surface area contributed by atoms with Crippen molar-refractivity contribution in [1.29, 1.82) is 0 Å². The topological polar surface area (TPSA) is 88.7 Å². The number of benzene rings is 2. The minimum Gasteiger partial charge on any atom is -0.338 e. The van der Waals surface area contributed by atoms with Crippen LogP contribution in [0.15, 0.2) is 48.5 Å². The van der Waals surface area contributed by atoms with Crippen molar-refractivity contribution in [2.45, 2.75) is 26.2 Å². The summed E-state index contributed by atoms with van der Waals surface area (Å²) in [6.45, 7) is 2.94. The normalized spacial score (nSPS) is 19.8. The number of hydrogen-bond acceptors (Lipinski definition) is 4. The average molecular weight is 441 g/mol. The molecule has 4 N–H and O–H groups in total. The fraction of sp³-hybridized carbons (Fsp3) is 0.200. The molecule has 0 spiro atoms. The zero-order valence-corrected chi connectivity index (χ0v) is 17.9. The Bertz CT molecular complexity index is 941. The predicted molar refractivity (Wildman–Crippen MR) is 125 cm³/mol. The average Bonchev–Trinajstić information content (AvgIpc) is 3.15. The molecule has 10 heteroatoms. The van der Waals surface area contributed by atoms with E-state index in [1.807, 2.05) is 58.3 Å². The largest absolute Gasteiger partial charge is 0.338 e. The molecule has 4 rings (SSSR count). The zero-order chi connectivity index (χ0) is 21.4. The molecule has 2 amide bonds. The highest BCUT2D eigenvalue weighted by molar-refractivity contribution is 7.81. The molecule has 0 radical (unpaired) electrons. The Labute approximate surface area is 184 Å². The van der Waals surface area contributed by atoms with Gasteiger partial charge in [0.2, 0.25) is 11.8 Å². The summed E-state index contributed by atoms with van der Waals surface area (Å²) in [4.78, 5) is 26.4. The maximum Gasteiger partial charge on any atom is 0.221 e. The third-order valence-corrected chi connectivity index (χ3v) is 5.40. The lowest BCUT2D eigenvalue weighted by Crippen LogP contribution is -2.43. The molecular formula is C20H20N6O2S2. The standard InChI is InChI=1S/C20H20N6O2S2/c1-11(27)21-13-3-7-15(8-4-13)25-17-18(24-19(25)29)26(20(30)23-17)16-9-5-14(6-10-16)22-12(2)28/h3-10,17-18H,1-2H3,(H,21,27)(H,22,28)(H,23,30)(H,24,29). The first-order valence-electron chi connectivity index (χ1n) is 9.28. The molecule has 2 aliphatic rings. The monoisotopic (exact) mass is 440 g/mol. The minimum absolute atomic E-state index is 0.121. The molecule has 0 bridgehead atoms. The molecule has 2 aromatic rings. The molecule has 0 aliphatic carbocycles. The second kappa shape index (κ2) is 7.88. The Hall–Kier alpha value is -3.24. The number of fused-ring (bicyclic) bond motifs is 1. The van der Waals surface area contributed by atoms with Gasteiger partial charge in [0.25, 0.3) is 0 Å². The second-order valence-electron chi connectivity index (χ2n) is 6.98. The first-order valence-corrected chi connectivity index (χ1v) is 10.1. The van der Waals surface area contributed by atoms with Gasteiger partial charge in [-0.3, -0.25) is 19.4 Å². The van der Waals surface area contributed by atoms with Crippen LogP contribution in [0.1, 0.15) is 13.8 Å². The molecule has 2 aromatic carbocycles. The molecule has 2 heterocycles. The number of rotatable bonds is 4. The molecule has 2 atom stereocenters. The smallest absolute Gasteiger partial charge is 0.221 e. The van der Waals surface area contributed by atoms with Gasteiger partial charge in [-0.15, -0.1) is 0 Å². The quantitative estimate of drug-likeness (QED) is 0.539. The summed E-state index contributed by atoms with van der Waals surface area (Å²) in [5, 5.41) is 13.3. The third kappa shape index (κ3) is 3.79. The van der Waals surface area contributed by atoms with E-state index in [4.69, 9.17) is 24.4 Å². The van der Waals surface area contributed by atoms with E-state index in [2.05, 4.69) is 21.3 Å². The highest BCUT2D eigenvalue weighted by atomic mass is 32.1. The van der Waals surface area contributed by atoms with Crippen molar-refractivity contribution in [3.8, 4) is 0 Å². The first kappa shape index (κ1) is 20.0. The van der Waals surface area contributed by atoms with Gasteiger partial charge >= 0.3 is 0 Å². The van der Waals surface area contributed by atoms with Crippen LogP contribution in [0.25, 0.3) is 0 Å². The summed E-state index contributed by atoms with van der Waals surface area (Å²) >= 11 is 11.2. The van der Waals surface area contributed by atoms with E-state index in [1.54, 1.807) is 0 Å². The molecule has 2 unspecified atom stereocenters. The lowest BCUT2D eigenvalue weighted by Gasteiger charge is -2.24. The number of amides is 2. The van der Waals surface area contributed by atoms with E-state index < -0.39 is 0 Å². The van der Waals surface area contributed by atoms with Crippen LogP contribution < -0.4 is 31.1 Å². The molecule has 0 aromatic heterocycles. The lowest BCUT2D eigenvalue weighted by molar-refractivity contribution is -0.115. The number of thiocarbonyl (C=S) groups is 2. The van der Waals surface area contributed by atoms with Crippen molar-refractivity contribution in [2.24, 2.45) is 0 Å². The first-order chi connectivity index (χ1) is 14.3. The Morgan fingerprint density at radius 2 is 1.07 bits per heavy atom. The number of anilines is 4. The number of carbonyl (C=O) groups excluding carboxylic acids is 2. The minimum atomic E-state index is -0.188. The van der Waals surface area contributed by atoms with Crippen LogP contribution >= 0.6 is 24.4 Å². The van der Waals surface area contributed by atoms with Crippen LogP contribution in [0.3, 0.4) is 0 Å². The van der Waals surface area contributed by atoms with Gasteiger partial charge in [-0.1, -0.05) is 0 Å². The number of nitrogens with one attached hydrogen (secondary N) is 4. The van der Waals surface area contributed by atoms with Gasteiger partial charge in [0, 0.05) is 36.6 Å². The Balaban J connectivity index is 1.56. The summed E-state index contributed by atoms with van der Waals surface area (Å²) in [6.07, 6.45) is -0.377. The highest BCUT2D eigenvalue weighted by Crippen LogP contribution is 2.32. The molecule has 2 saturated heterocycles. The van der Waals surface area contributed by atoms with Crippen molar-refractivity contribution >= 4 is 69.2 Å². The molecule has 8 nitrogen and oxygen atoms in total. The molecule has 2 aliphatic heterocycles. The number of hydrogen-bond donors (Lipinski definition) is 4. The van der Waals surface area contributed by atoms with Crippen molar-refractivity contribution < 1.29 is 9.59 Å². The van der Waals surface area contributed by atoms with Gasteiger partial charge in [-0.2, -0.15) is 0 Å². The van der Waals surface area contributed by atoms with Gasteiger partial charge < -0.3 is 21.3 Å². The number of carbonyl (C=O) groups is 2. The maximum atomic E-state index is 11.2. The van der Waals surface area contributed by atoms with Crippen LogP contribution in [0, 0.1) is 0 Å². The van der Waals surface area contributed by atoms with Gasteiger partial charge in [0.05, 0.1) is 0 Å². The van der Waals surface area contributed by atoms with E-state index in [0.717, 1.165) is 22.7 Å². The summed E-state index contributed by atoms with van der Waals surface area (Å²) in [5.74, 6) is -0.242. The number of nitrogens with zero attached hydrogens (tertiary/aromatic N) is 2. The molecule has 2 fully saturated rings. The zero-order valence-electron chi connectivity index (χ0n) is 16.3. The Morgan fingerprint density at radius 1 is 0.733 bits per heavy atom. The highest BCUT2D eigenvalue weighted by Gasteiger charge is 2.48. The van der Waals surface area contributed by atoms with Crippen LogP contribution in [0.4, 0.5) is 22.7 Å². The van der Waals surface area contributed by atoms with Gasteiger partial charge in [-0.25, -0.2) is 0 Å². The SMILES string of the molecule is CC(=O)Nc1ccc(N2C(=S)NC3C2NC(=S)N3c2ccc(NC(C)=O)cc2)cc1. The van der Waals surface area contributed by atoms with E-state index >= 15 is 0 Å². The van der Waals surface area contributed by atoms with Crippen molar-refractivity contribution in [3.05, 3.63) is 48.5 Å². The van der Waals surface area contributed by atoms with Crippen LogP contribution in [0.5, 0.6) is 0 Å². The van der Waals surface area contributed by atoms with Crippen molar-refractivity contribution in [1.82, 2.24) is 10.6 Å². The van der Waals surface area contributed by atoms with Gasteiger partial charge in [0.1, 0.15) is 12.3 Å². The summed E-state index contributed by atoms with van der Waals surface area (Å²) in [7, 11) is 0. The lowest BCUT2D eigenvalue weighted by atomic mass is 10.2. The fourth-order valence-electron chi connectivity index (χ4n) is 3.59. The summed E-state index contributed by atoms with van der Waals surface area (Å²) in [6, 6.07) is 14.9. The predicted octanol–water partition coefficient (Wildman–Crippen LogP) is 2.34. The van der Waals surface area contributed by atoms with Gasteiger partial charge in [0.15, 0.2) is 10.2 Å². The van der Waals surface area contributed by atoms with Crippen molar-refractivity contribution in [2.75, 3.05) is 20.4 Å². The van der Waals surface area contributed by atoms with E-state index in [9.17, 15) is 9.59 Å². The van der Waals surface area contributed by atoms with E-state index in [1.165, 1.54) is 13.8 Å². The molecular weight excluding hydrogens is 420 g/mol. The van der Waals surface area contributed by atoms with Crippen LogP contribution in [0.2, 0.25) is 0 Å². The van der Waals surface area contributed by atoms with Gasteiger partial charge in [-0.05, 0) is 73.0 Å². The molecule has 154 valence electrons. The van der Waals surface area contributed by atoms with Crippen LogP contribution in [-0.4, -0.2) is 34.4 Å². The molecule has 0 saturated carbocycles. The van der Waals surface area contributed by atoms with E-state index in [0.29, 0.717) is 10.2 Å². The summed E-state index contributed by atoms with van der Waals surface area (Å²) < 4.78 is 0. The van der Waals surface area contributed by atoms with Crippen molar-refractivity contribution in [3.63, 3.8) is 0 Å². The third-order valence-electron chi connectivity index (χ3n) is 4.77. The van der Waals surface area contributed by atoms with E-state index in [-0.39, 0.29) is 24.1 Å². The second-order valence-corrected chi connectivity index (χ2v) is 7.76. The maximum absolute atomic E-state index is 11.2. The Kier molecular flexibility index (Phi) is 5.27. The Morgan fingerprint density at radius 3 is 1.37 bits per heavy atom. The molecule has 30 heavy (non-hydrogen) atoms. The van der Waals surface area contributed by atoms with Crippen LogP contribution in [-0.2, 0) is 9.59 Å². The fourth-order valence-corrected chi connectivity index (χ4v) is 4.27. The summed E-state index contributed by atoms with van der Waals surface area (Å²) in [5.41, 5.74) is 3.20.